The van der Waals surface area contributed by atoms with E-state index in [9.17, 15) is 4.79 Å². The summed E-state index contributed by atoms with van der Waals surface area (Å²) in [4.78, 5) is 12.2. The van der Waals surface area contributed by atoms with Gasteiger partial charge < -0.3 is 0 Å². The molecule has 1 spiro atoms. The van der Waals surface area contributed by atoms with Crippen LogP contribution in [0.15, 0.2) is 24.3 Å². The summed E-state index contributed by atoms with van der Waals surface area (Å²) < 4.78 is 0. The number of nitrogens with zero attached hydrogens (tertiary/aromatic N) is 1. The Labute approximate surface area is 88.5 Å². The van der Waals surface area contributed by atoms with Crippen molar-refractivity contribution in [3.63, 3.8) is 0 Å². The molecular weight excluding hydrogens is 186 g/mol. The van der Waals surface area contributed by atoms with Crippen LogP contribution in [0.5, 0.6) is 0 Å². The minimum Gasteiger partial charge on any atom is -0.293 e. The molecule has 15 heavy (non-hydrogen) atoms. The fourth-order valence-corrected chi connectivity index (χ4v) is 2.70. The van der Waals surface area contributed by atoms with Crippen molar-refractivity contribution in [3.05, 3.63) is 35.4 Å². The minimum atomic E-state index is -0.302. The van der Waals surface area contributed by atoms with Gasteiger partial charge in [0.25, 0.3) is 0 Å². The number of rotatable bonds is 0. The van der Waals surface area contributed by atoms with Gasteiger partial charge in [0.1, 0.15) is 0 Å². The molecule has 2 atom stereocenters. The second kappa shape index (κ2) is 2.70. The number of carbonyl (C=O) groups excluding carboxylic acids is 1. The van der Waals surface area contributed by atoms with Crippen molar-refractivity contribution in [1.29, 1.82) is 5.26 Å². The molecule has 1 fully saturated rings. The van der Waals surface area contributed by atoms with Gasteiger partial charge in [0.05, 0.1) is 17.4 Å². The lowest BCUT2D eigenvalue weighted by molar-refractivity contribution is 0.0872. The van der Waals surface area contributed by atoms with Gasteiger partial charge >= 0.3 is 0 Å². The highest BCUT2D eigenvalue weighted by Crippen LogP contribution is 2.59. The fraction of sp³-hybridized carbons (Fsp3) is 0.385. The van der Waals surface area contributed by atoms with Crippen LogP contribution >= 0.6 is 0 Å². The van der Waals surface area contributed by atoms with E-state index >= 15 is 0 Å². The Bertz CT molecular complexity index is 486. The lowest BCUT2D eigenvalue weighted by Crippen LogP contribution is -2.25. The molecule has 0 unspecified atom stereocenters. The van der Waals surface area contributed by atoms with Crippen LogP contribution in [0, 0.1) is 22.7 Å². The lowest BCUT2D eigenvalue weighted by atomic mass is 9.79. The molecule has 2 heteroatoms. The molecule has 0 heterocycles. The number of benzene rings is 1. The maximum absolute atomic E-state index is 12.2. The summed E-state index contributed by atoms with van der Waals surface area (Å²) in [5, 5.41) is 8.89. The molecule has 2 aliphatic carbocycles. The zero-order chi connectivity index (χ0) is 10.5. The van der Waals surface area contributed by atoms with Crippen molar-refractivity contribution in [2.75, 3.05) is 0 Å². The largest absolute Gasteiger partial charge is 0.293 e. The fourth-order valence-electron chi connectivity index (χ4n) is 2.70. The van der Waals surface area contributed by atoms with E-state index in [1.807, 2.05) is 24.3 Å². The van der Waals surface area contributed by atoms with Gasteiger partial charge in [-0.05, 0) is 24.8 Å². The van der Waals surface area contributed by atoms with Crippen LogP contribution in [0.3, 0.4) is 0 Å². The SMILES string of the molecule is N#C[C@H]1C[C@]12CCc1ccccc1C2=O. The average Bonchev–Trinajstić information content (AvgIpc) is 2.99. The van der Waals surface area contributed by atoms with E-state index < -0.39 is 0 Å². The lowest BCUT2D eigenvalue weighted by Gasteiger charge is -2.22. The Kier molecular flexibility index (Phi) is 1.56. The standard InChI is InChI=1S/C13H11NO/c14-8-10-7-13(10)6-5-9-3-1-2-4-11(9)12(13)15/h1-4,10H,5-7H2/t10-,13-/m1/s1. The molecule has 1 aromatic carbocycles. The van der Waals surface area contributed by atoms with E-state index in [0.717, 1.165) is 30.4 Å². The zero-order valence-corrected chi connectivity index (χ0v) is 8.36. The van der Waals surface area contributed by atoms with E-state index in [1.54, 1.807) is 0 Å². The van der Waals surface area contributed by atoms with Crippen LogP contribution in [-0.4, -0.2) is 5.78 Å². The minimum absolute atomic E-state index is 0.0293. The molecule has 1 saturated carbocycles. The Morgan fingerprint density at radius 3 is 2.93 bits per heavy atom. The van der Waals surface area contributed by atoms with Crippen molar-refractivity contribution < 1.29 is 4.79 Å². The summed E-state index contributed by atoms with van der Waals surface area (Å²) in [5.74, 6) is 0.175. The molecule has 0 aliphatic heterocycles. The topological polar surface area (TPSA) is 40.9 Å². The number of ketones is 1. The first kappa shape index (κ1) is 8.67. The molecule has 0 amide bonds. The second-order valence-corrected chi connectivity index (χ2v) is 4.53. The molecule has 0 N–H and O–H groups in total. The maximum Gasteiger partial charge on any atom is 0.170 e. The second-order valence-electron chi connectivity index (χ2n) is 4.53. The number of hydrogen-bond donors (Lipinski definition) is 0. The van der Waals surface area contributed by atoms with Gasteiger partial charge in [0, 0.05) is 5.56 Å². The molecule has 3 rings (SSSR count). The molecule has 2 aliphatic rings. The summed E-state index contributed by atoms with van der Waals surface area (Å²) in [6, 6.07) is 10.0. The highest BCUT2D eigenvalue weighted by Gasteiger charge is 2.61. The van der Waals surface area contributed by atoms with Crippen molar-refractivity contribution in [3.8, 4) is 6.07 Å². The molecule has 0 saturated heterocycles. The number of Topliss-reactive ketones (excluding diaryl/α,β-unsaturated/α-hetero) is 1. The summed E-state index contributed by atoms with van der Waals surface area (Å²) in [7, 11) is 0. The van der Waals surface area contributed by atoms with E-state index in [1.165, 1.54) is 0 Å². The summed E-state index contributed by atoms with van der Waals surface area (Å²) >= 11 is 0. The smallest absolute Gasteiger partial charge is 0.170 e. The zero-order valence-electron chi connectivity index (χ0n) is 8.36. The first-order valence-electron chi connectivity index (χ1n) is 5.30. The Morgan fingerprint density at radius 2 is 2.20 bits per heavy atom. The molecule has 74 valence electrons. The van der Waals surface area contributed by atoms with Gasteiger partial charge in [-0.2, -0.15) is 5.26 Å². The van der Waals surface area contributed by atoms with E-state index in [-0.39, 0.29) is 17.1 Å². The van der Waals surface area contributed by atoms with Crippen LogP contribution in [0.25, 0.3) is 0 Å². The summed E-state index contributed by atoms with van der Waals surface area (Å²) in [5.41, 5.74) is 1.70. The van der Waals surface area contributed by atoms with Crippen LogP contribution in [-0.2, 0) is 6.42 Å². The van der Waals surface area contributed by atoms with Crippen molar-refractivity contribution >= 4 is 5.78 Å². The van der Waals surface area contributed by atoms with E-state index in [4.69, 9.17) is 5.26 Å². The van der Waals surface area contributed by atoms with Gasteiger partial charge in [-0.15, -0.1) is 0 Å². The van der Waals surface area contributed by atoms with Gasteiger partial charge in [-0.3, -0.25) is 4.79 Å². The third-order valence-corrected chi connectivity index (χ3v) is 3.79. The monoisotopic (exact) mass is 197 g/mol. The average molecular weight is 197 g/mol. The Morgan fingerprint density at radius 1 is 1.40 bits per heavy atom. The van der Waals surface area contributed by atoms with E-state index in [2.05, 4.69) is 6.07 Å². The highest BCUT2D eigenvalue weighted by atomic mass is 16.1. The van der Waals surface area contributed by atoms with Crippen LogP contribution < -0.4 is 0 Å². The van der Waals surface area contributed by atoms with Crippen molar-refractivity contribution in [1.82, 2.24) is 0 Å². The molecule has 0 bridgehead atoms. The number of hydrogen-bond acceptors (Lipinski definition) is 2. The van der Waals surface area contributed by atoms with Crippen LogP contribution in [0.1, 0.15) is 28.8 Å². The van der Waals surface area contributed by atoms with Crippen molar-refractivity contribution in [2.24, 2.45) is 11.3 Å². The summed E-state index contributed by atoms with van der Waals surface area (Å²) in [6.45, 7) is 0. The normalized spacial score (nSPS) is 32.2. The number of nitriles is 1. The first-order chi connectivity index (χ1) is 7.28. The van der Waals surface area contributed by atoms with Crippen molar-refractivity contribution in [2.45, 2.75) is 19.3 Å². The summed E-state index contributed by atoms with van der Waals surface area (Å²) in [6.07, 6.45) is 2.58. The number of aryl methyl sites for hydroxylation is 1. The van der Waals surface area contributed by atoms with Crippen LogP contribution in [0.2, 0.25) is 0 Å². The third-order valence-electron chi connectivity index (χ3n) is 3.79. The number of carbonyl (C=O) groups is 1. The molecule has 2 nitrogen and oxygen atoms in total. The van der Waals surface area contributed by atoms with Gasteiger partial charge in [0.15, 0.2) is 5.78 Å². The first-order valence-corrected chi connectivity index (χ1v) is 5.30. The Hall–Kier alpha value is -1.62. The molecule has 0 radical (unpaired) electrons. The van der Waals surface area contributed by atoms with Gasteiger partial charge in [-0.1, -0.05) is 24.3 Å². The number of fused-ring (bicyclic) bond motifs is 1. The van der Waals surface area contributed by atoms with Gasteiger partial charge in [-0.25, -0.2) is 0 Å². The molecule has 1 aromatic rings. The van der Waals surface area contributed by atoms with E-state index in [0.29, 0.717) is 0 Å². The highest BCUT2D eigenvalue weighted by molar-refractivity contribution is 6.05. The third kappa shape index (κ3) is 1.01. The predicted molar refractivity (Wildman–Crippen MR) is 55.2 cm³/mol. The quantitative estimate of drug-likeness (QED) is 0.640. The van der Waals surface area contributed by atoms with Crippen LogP contribution in [0.4, 0.5) is 0 Å². The Balaban J connectivity index is 2.05. The maximum atomic E-state index is 12.2. The van der Waals surface area contributed by atoms with Gasteiger partial charge in [0.2, 0.25) is 0 Å². The predicted octanol–water partition coefficient (Wildman–Crippen LogP) is 2.35. The molecule has 0 aromatic heterocycles. The molecular formula is C13H11NO.